The van der Waals surface area contributed by atoms with Gasteiger partial charge in [0.1, 0.15) is 5.03 Å². The Morgan fingerprint density at radius 3 is 2.75 bits per heavy atom. The summed E-state index contributed by atoms with van der Waals surface area (Å²) in [6.07, 6.45) is 2.61. The van der Waals surface area contributed by atoms with E-state index < -0.39 is 0 Å². The van der Waals surface area contributed by atoms with Gasteiger partial charge in [-0.15, -0.1) is 11.3 Å². The average Bonchev–Trinajstić information content (AvgIpc) is 3.08. The van der Waals surface area contributed by atoms with Crippen LogP contribution < -0.4 is 0 Å². The molecule has 0 aliphatic carbocycles. The van der Waals surface area contributed by atoms with E-state index in [1.807, 2.05) is 42.6 Å². The lowest BCUT2D eigenvalue weighted by Gasteiger charge is -2.05. The summed E-state index contributed by atoms with van der Waals surface area (Å²) in [6, 6.07) is 9.78. The molecule has 4 nitrogen and oxygen atoms in total. The van der Waals surface area contributed by atoms with Gasteiger partial charge in [0.05, 0.1) is 16.9 Å². The highest BCUT2D eigenvalue weighted by molar-refractivity contribution is 8.01. The predicted molar refractivity (Wildman–Crippen MR) is 79.9 cm³/mol. The highest BCUT2D eigenvalue weighted by Gasteiger charge is 2.18. The van der Waals surface area contributed by atoms with Crippen molar-refractivity contribution in [3.05, 3.63) is 53.2 Å². The number of carbonyl (C=O) groups is 1. The maximum atomic E-state index is 11.3. The third-order valence-electron chi connectivity index (χ3n) is 2.77. The Labute approximate surface area is 124 Å². The molecule has 2 aromatic heterocycles. The van der Waals surface area contributed by atoms with Crippen molar-refractivity contribution in [1.29, 1.82) is 0 Å². The lowest BCUT2D eigenvalue weighted by atomic mass is 10.3. The smallest absolute Gasteiger partial charge is 0.156 e. The molecular formula is C14H11N3OS2. The van der Waals surface area contributed by atoms with Crippen LogP contribution in [0, 0.1) is 6.92 Å². The zero-order valence-corrected chi connectivity index (χ0v) is 12.3. The second-order valence-corrected chi connectivity index (χ2v) is 6.20. The molecule has 0 atom stereocenters. The van der Waals surface area contributed by atoms with Crippen LogP contribution in [0.5, 0.6) is 0 Å². The van der Waals surface area contributed by atoms with Crippen LogP contribution in [-0.2, 0) is 0 Å². The molecule has 0 aliphatic heterocycles. The third kappa shape index (κ3) is 2.39. The van der Waals surface area contributed by atoms with E-state index in [0.717, 1.165) is 27.0 Å². The normalized spacial score (nSPS) is 10.7. The monoisotopic (exact) mass is 301 g/mol. The van der Waals surface area contributed by atoms with E-state index >= 15 is 0 Å². The molecule has 100 valence electrons. The van der Waals surface area contributed by atoms with E-state index in [4.69, 9.17) is 0 Å². The largest absolute Gasteiger partial charge is 0.298 e. The molecular weight excluding hydrogens is 290 g/mol. The second kappa shape index (κ2) is 5.60. The number of aldehydes is 1. The molecule has 0 fully saturated rings. The molecule has 0 saturated heterocycles. The van der Waals surface area contributed by atoms with Crippen molar-refractivity contribution in [2.75, 3.05) is 0 Å². The molecule has 3 aromatic rings. The predicted octanol–water partition coefficient (Wildman–Crippen LogP) is 3.60. The topological polar surface area (TPSA) is 47.8 Å². The number of aromatic nitrogens is 3. The Bertz CT molecular complexity index is 720. The van der Waals surface area contributed by atoms with Gasteiger partial charge in [0.2, 0.25) is 0 Å². The maximum Gasteiger partial charge on any atom is 0.156 e. The Kier molecular flexibility index (Phi) is 3.66. The number of hydrogen-bond acceptors (Lipinski definition) is 5. The summed E-state index contributed by atoms with van der Waals surface area (Å²) in [4.78, 5) is 15.6. The zero-order valence-electron chi connectivity index (χ0n) is 10.7. The van der Waals surface area contributed by atoms with Crippen molar-refractivity contribution < 1.29 is 4.79 Å². The summed E-state index contributed by atoms with van der Waals surface area (Å²) < 4.78 is 2.69. The molecule has 20 heavy (non-hydrogen) atoms. The number of carbonyl (C=O) groups excluding carboxylic acids is 1. The van der Waals surface area contributed by atoms with Crippen LogP contribution in [0.25, 0.3) is 5.69 Å². The van der Waals surface area contributed by atoms with Gasteiger partial charge in [0, 0.05) is 11.6 Å². The molecule has 0 unspecified atom stereocenters. The number of para-hydroxylation sites is 1. The number of thiazole rings is 1. The first-order valence-corrected chi connectivity index (χ1v) is 7.67. The van der Waals surface area contributed by atoms with Crippen LogP contribution in [0.1, 0.15) is 16.1 Å². The SMILES string of the molecule is Cc1nn(-c2ccccc2)c(Sc2nccs2)c1C=O. The first-order chi connectivity index (χ1) is 9.79. The van der Waals surface area contributed by atoms with Gasteiger partial charge in [0.15, 0.2) is 10.6 Å². The number of hydrogen-bond donors (Lipinski definition) is 0. The van der Waals surface area contributed by atoms with Crippen molar-refractivity contribution in [3.63, 3.8) is 0 Å². The van der Waals surface area contributed by atoms with Crippen molar-refractivity contribution >= 4 is 29.4 Å². The van der Waals surface area contributed by atoms with Crippen molar-refractivity contribution in [1.82, 2.24) is 14.8 Å². The highest BCUT2D eigenvalue weighted by Crippen LogP contribution is 2.34. The van der Waals surface area contributed by atoms with E-state index in [1.54, 1.807) is 22.2 Å². The summed E-state index contributed by atoms with van der Waals surface area (Å²) in [6.45, 7) is 1.84. The van der Waals surface area contributed by atoms with Gasteiger partial charge in [0.25, 0.3) is 0 Å². The molecule has 0 saturated carbocycles. The van der Waals surface area contributed by atoms with Gasteiger partial charge in [-0.25, -0.2) is 9.67 Å². The molecule has 0 spiro atoms. The number of rotatable bonds is 4. The summed E-state index contributed by atoms with van der Waals surface area (Å²) in [5.41, 5.74) is 2.28. The summed E-state index contributed by atoms with van der Waals surface area (Å²) in [5, 5.41) is 7.19. The van der Waals surface area contributed by atoms with Crippen LogP contribution in [0.15, 0.2) is 51.3 Å². The fourth-order valence-corrected chi connectivity index (χ4v) is 3.61. The highest BCUT2D eigenvalue weighted by atomic mass is 32.2. The standard InChI is InChI=1S/C14H11N3OS2/c1-10-12(9-18)13(20-14-15-7-8-19-14)17(16-10)11-5-3-2-4-6-11/h2-9H,1H3. The quantitative estimate of drug-likeness (QED) is 0.691. The molecule has 1 aromatic carbocycles. The molecule has 6 heteroatoms. The van der Waals surface area contributed by atoms with E-state index in [-0.39, 0.29) is 0 Å². The van der Waals surface area contributed by atoms with Gasteiger partial charge in [-0.05, 0) is 30.8 Å². The van der Waals surface area contributed by atoms with Gasteiger partial charge in [-0.3, -0.25) is 4.79 Å². The van der Waals surface area contributed by atoms with Gasteiger partial charge >= 0.3 is 0 Å². The Hall–Kier alpha value is -1.92. The van der Waals surface area contributed by atoms with Gasteiger partial charge < -0.3 is 0 Å². The minimum absolute atomic E-state index is 0.619. The van der Waals surface area contributed by atoms with E-state index in [1.165, 1.54) is 11.8 Å². The van der Waals surface area contributed by atoms with Crippen LogP contribution in [0.4, 0.5) is 0 Å². The van der Waals surface area contributed by atoms with Crippen molar-refractivity contribution in [2.24, 2.45) is 0 Å². The molecule has 2 heterocycles. The summed E-state index contributed by atoms with van der Waals surface area (Å²) >= 11 is 3.01. The average molecular weight is 301 g/mol. The second-order valence-electron chi connectivity index (χ2n) is 4.07. The van der Waals surface area contributed by atoms with E-state index in [0.29, 0.717) is 5.56 Å². The fourth-order valence-electron chi connectivity index (χ4n) is 1.84. The molecule has 0 bridgehead atoms. The van der Waals surface area contributed by atoms with Crippen LogP contribution >= 0.6 is 23.1 Å². The van der Waals surface area contributed by atoms with Crippen LogP contribution in [0.3, 0.4) is 0 Å². The fraction of sp³-hybridized carbons (Fsp3) is 0.0714. The number of aryl methyl sites for hydroxylation is 1. The van der Waals surface area contributed by atoms with Crippen LogP contribution in [-0.4, -0.2) is 21.1 Å². The van der Waals surface area contributed by atoms with E-state index in [9.17, 15) is 4.79 Å². The van der Waals surface area contributed by atoms with E-state index in [2.05, 4.69) is 10.1 Å². The molecule has 0 radical (unpaired) electrons. The minimum Gasteiger partial charge on any atom is -0.298 e. The van der Waals surface area contributed by atoms with Gasteiger partial charge in [-0.2, -0.15) is 5.10 Å². The summed E-state index contributed by atoms with van der Waals surface area (Å²) in [5.74, 6) is 0. The lowest BCUT2D eigenvalue weighted by Crippen LogP contribution is -1.98. The Morgan fingerprint density at radius 2 is 2.10 bits per heavy atom. The zero-order chi connectivity index (χ0) is 13.9. The van der Waals surface area contributed by atoms with Crippen molar-refractivity contribution in [2.45, 2.75) is 16.3 Å². The number of benzene rings is 1. The lowest BCUT2D eigenvalue weighted by molar-refractivity contribution is 0.112. The van der Waals surface area contributed by atoms with Crippen molar-refractivity contribution in [3.8, 4) is 5.69 Å². The summed E-state index contributed by atoms with van der Waals surface area (Å²) in [7, 11) is 0. The Morgan fingerprint density at radius 1 is 1.30 bits per heavy atom. The minimum atomic E-state index is 0.619. The number of nitrogens with zero attached hydrogens (tertiary/aromatic N) is 3. The molecule has 0 aliphatic rings. The van der Waals surface area contributed by atoms with Crippen LogP contribution in [0.2, 0.25) is 0 Å². The first kappa shape index (κ1) is 13.1. The molecule has 3 rings (SSSR count). The third-order valence-corrected chi connectivity index (χ3v) is 4.74. The van der Waals surface area contributed by atoms with Gasteiger partial charge in [-0.1, -0.05) is 18.2 Å². The molecule has 0 amide bonds. The Balaban J connectivity index is 2.12. The first-order valence-electron chi connectivity index (χ1n) is 5.97. The molecule has 0 N–H and O–H groups in total. The maximum absolute atomic E-state index is 11.3.